The Labute approximate surface area is 86.7 Å². The van der Waals surface area contributed by atoms with Gasteiger partial charge in [-0.15, -0.1) is 0 Å². The van der Waals surface area contributed by atoms with Gasteiger partial charge in [0, 0.05) is 23.1 Å². The van der Waals surface area contributed by atoms with Crippen molar-refractivity contribution in [3.63, 3.8) is 0 Å². The minimum absolute atomic E-state index is 0.481. The number of halogens is 1. The molecule has 0 bridgehead atoms. The summed E-state index contributed by atoms with van der Waals surface area (Å²) in [4.78, 5) is 3.05. The van der Waals surface area contributed by atoms with Gasteiger partial charge in [-0.2, -0.15) is 0 Å². The molecule has 14 heavy (non-hydrogen) atoms. The number of H-pyrrole nitrogens is 1. The van der Waals surface area contributed by atoms with E-state index < -0.39 is 0 Å². The van der Waals surface area contributed by atoms with Crippen molar-refractivity contribution in [1.82, 2.24) is 4.98 Å². The Bertz CT molecular complexity index is 449. The van der Waals surface area contributed by atoms with Crippen molar-refractivity contribution >= 4 is 23.0 Å². The molecule has 0 radical (unpaired) electrons. The van der Waals surface area contributed by atoms with E-state index in [1.54, 1.807) is 12.1 Å². The first kappa shape index (κ1) is 8.97. The summed E-state index contributed by atoms with van der Waals surface area (Å²) in [5.74, 6) is 0. The van der Waals surface area contributed by atoms with Gasteiger partial charge in [-0.25, -0.2) is 0 Å². The smallest absolute Gasteiger partial charge is 0.0662 e. The van der Waals surface area contributed by atoms with Crippen LogP contribution in [0.5, 0.6) is 0 Å². The molecule has 0 aliphatic rings. The van der Waals surface area contributed by atoms with Crippen LogP contribution in [0.4, 0.5) is 11.4 Å². The van der Waals surface area contributed by atoms with Gasteiger partial charge >= 0.3 is 0 Å². The average molecular weight is 208 g/mol. The van der Waals surface area contributed by atoms with E-state index in [1.165, 1.54) is 0 Å². The Morgan fingerprint density at radius 1 is 1.21 bits per heavy atom. The number of nitrogens with two attached hydrogens (primary N) is 2. The van der Waals surface area contributed by atoms with Crippen LogP contribution in [0, 0.1) is 0 Å². The van der Waals surface area contributed by atoms with E-state index in [9.17, 15) is 0 Å². The largest absolute Gasteiger partial charge is 0.399 e. The summed E-state index contributed by atoms with van der Waals surface area (Å²) in [6.07, 6.45) is 1.83. The Morgan fingerprint density at radius 3 is 2.64 bits per heavy atom. The van der Waals surface area contributed by atoms with Crippen molar-refractivity contribution in [3.8, 4) is 11.3 Å². The second-order valence-corrected chi connectivity index (χ2v) is 3.45. The van der Waals surface area contributed by atoms with Gasteiger partial charge in [-0.3, -0.25) is 0 Å². The highest BCUT2D eigenvalue weighted by Crippen LogP contribution is 2.32. The van der Waals surface area contributed by atoms with E-state index in [0.29, 0.717) is 16.4 Å². The SMILES string of the molecule is Nc1cc(Cl)c(N)c(-c2ccc[nH]2)c1. The summed E-state index contributed by atoms with van der Waals surface area (Å²) in [5.41, 5.74) is 14.4. The van der Waals surface area contributed by atoms with Crippen LogP contribution in [0.15, 0.2) is 30.5 Å². The molecule has 2 rings (SSSR count). The molecule has 1 aromatic carbocycles. The van der Waals surface area contributed by atoms with Crippen LogP contribution in [-0.4, -0.2) is 4.98 Å². The summed E-state index contributed by atoms with van der Waals surface area (Å²) in [6, 6.07) is 7.25. The molecule has 0 aliphatic heterocycles. The van der Waals surface area contributed by atoms with Crippen LogP contribution in [-0.2, 0) is 0 Å². The van der Waals surface area contributed by atoms with Crippen LogP contribution in [0.3, 0.4) is 0 Å². The second kappa shape index (κ2) is 3.27. The summed E-state index contributed by atoms with van der Waals surface area (Å²) in [5, 5.41) is 0.481. The molecule has 5 N–H and O–H groups in total. The maximum absolute atomic E-state index is 5.92. The molecule has 0 aliphatic carbocycles. The topological polar surface area (TPSA) is 67.8 Å². The zero-order valence-corrected chi connectivity index (χ0v) is 8.18. The first-order valence-electron chi connectivity index (χ1n) is 4.17. The fourth-order valence-electron chi connectivity index (χ4n) is 1.36. The predicted octanol–water partition coefficient (Wildman–Crippen LogP) is 2.50. The summed E-state index contributed by atoms with van der Waals surface area (Å²) in [7, 11) is 0. The maximum Gasteiger partial charge on any atom is 0.0662 e. The van der Waals surface area contributed by atoms with Gasteiger partial charge in [0.05, 0.1) is 10.7 Å². The monoisotopic (exact) mass is 207 g/mol. The van der Waals surface area contributed by atoms with Crippen molar-refractivity contribution in [3.05, 3.63) is 35.5 Å². The molecule has 0 spiro atoms. The number of nitrogens with one attached hydrogen (secondary N) is 1. The van der Waals surface area contributed by atoms with Crippen molar-refractivity contribution in [2.75, 3.05) is 11.5 Å². The molecule has 1 aromatic heterocycles. The number of anilines is 2. The quantitative estimate of drug-likeness (QED) is 0.629. The third-order valence-corrected chi connectivity index (χ3v) is 2.35. The summed E-state index contributed by atoms with van der Waals surface area (Å²) >= 11 is 5.92. The molecule has 0 saturated carbocycles. The summed E-state index contributed by atoms with van der Waals surface area (Å²) < 4.78 is 0. The van der Waals surface area contributed by atoms with Gasteiger partial charge in [0.25, 0.3) is 0 Å². The van der Waals surface area contributed by atoms with Gasteiger partial charge in [0.1, 0.15) is 0 Å². The summed E-state index contributed by atoms with van der Waals surface area (Å²) in [6.45, 7) is 0. The van der Waals surface area contributed by atoms with Crippen molar-refractivity contribution in [2.45, 2.75) is 0 Å². The molecule has 3 nitrogen and oxygen atoms in total. The predicted molar refractivity (Wildman–Crippen MR) is 60.1 cm³/mol. The third kappa shape index (κ3) is 1.42. The maximum atomic E-state index is 5.92. The van der Waals surface area contributed by atoms with Crippen LogP contribution >= 0.6 is 11.6 Å². The van der Waals surface area contributed by atoms with Gasteiger partial charge in [0.15, 0.2) is 0 Å². The van der Waals surface area contributed by atoms with E-state index in [2.05, 4.69) is 4.98 Å². The normalized spacial score (nSPS) is 10.4. The molecular formula is C10H10ClN3. The highest BCUT2D eigenvalue weighted by molar-refractivity contribution is 6.34. The van der Waals surface area contributed by atoms with Crippen LogP contribution < -0.4 is 11.5 Å². The van der Waals surface area contributed by atoms with Crippen LogP contribution in [0.25, 0.3) is 11.3 Å². The van der Waals surface area contributed by atoms with E-state index in [4.69, 9.17) is 23.1 Å². The zero-order chi connectivity index (χ0) is 10.1. The Hall–Kier alpha value is -1.61. The minimum Gasteiger partial charge on any atom is -0.399 e. The Kier molecular flexibility index (Phi) is 2.09. The molecule has 4 heteroatoms. The first-order chi connectivity index (χ1) is 6.68. The number of benzene rings is 1. The lowest BCUT2D eigenvalue weighted by molar-refractivity contribution is 1.40. The molecule has 0 unspecified atom stereocenters. The van der Waals surface area contributed by atoms with Crippen molar-refractivity contribution < 1.29 is 0 Å². The number of hydrogen-bond donors (Lipinski definition) is 3. The molecule has 72 valence electrons. The average Bonchev–Trinajstić information content (AvgIpc) is 2.63. The molecule has 0 atom stereocenters. The number of hydrogen-bond acceptors (Lipinski definition) is 2. The van der Waals surface area contributed by atoms with Crippen molar-refractivity contribution in [2.24, 2.45) is 0 Å². The number of aromatic nitrogens is 1. The van der Waals surface area contributed by atoms with Crippen LogP contribution in [0.1, 0.15) is 0 Å². The first-order valence-corrected chi connectivity index (χ1v) is 4.54. The third-order valence-electron chi connectivity index (χ3n) is 2.04. The van der Waals surface area contributed by atoms with Gasteiger partial charge in [0.2, 0.25) is 0 Å². The fraction of sp³-hybridized carbons (Fsp3) is 0. The van der Waals surface area contributed by atoms with Gasteiger partial charge in [-0.05, 0) is 24.3 Å². The van der Waals surface area contributed by atoms with Crippen molar-refractivity contribution in [1.29, 1.82) is 0 Å². The van der Waals surface area contributed by atoms with Gasteiger partial charge in [-0.1, -0.05) is 11.6 Å². The standard InChI is InChI=1S/C10H10ClN3/c11-8-5-6(12)4-7(10(8)13)9-2-1-3-14-9/h1-5,14H,12-13H2. The molecular weight excluding hydrogens is 198 g/mol. The minimum atomic E-state index is 0.481. The van der Waals surface area contributed by atoms with E-state index in [1.807, 2.05) is 18.3 Å². The second-order valence-electron chi connectivity index (χ2n) is 3.05. The lowest BCUT2D eigenvalue weighted by Crippen LogP contribution is -1.94. The number of aromatic amines is 1. The molecule has 0 amide bonds. The van der Waals surface area contributed by atoms with Crippen LogP contribution in [0.2, 0.25) is 5.02 Å². The van der Waals surface area contributed by atoms with E-state index >= 15 is 0 Å². The molecule has 1 heterocycles. The molecule has 2 aromatic rings. The molecule has 0 saturated heterocycles. The highest BCUT2D eigenvalue weighted by atomic mass is 35.5. The van der Waals surface area contributed by atoms with E-state index in [0.717, 1.165) is 11.3 Å². The number of nitrogen functional groups attached to an aromatic ring is 2. The lowest BCUT2D eigenvalue weighted by atomic mass is 10.1. The molecule has 0 fully saturated rings. The lowest BCUT2D eigenvalue weighted by Gasteiger charge is -2.07. The highest BCUT2D eigenvalue weighted by Gasteiger charge is 2.07. The van der Waals surface area contributed by atoms with E-state index in [-0.39, 0.29) is 0 Å². The fourth-order valence-corrected chi connectivity index (χ4v) is 1.59. The number of rotatable bonds is 1. The Morgan fingerprint density at radius 2 is 2.00 bits per heavy atom. The van der Waals surface area contributed by atoms with Gasteiger partial charge < -0.3 is 16.5 Å². The Balaban J connectivity index is 2.64. The zero-order valence-electron chi connectivity index (χ0n) is 7.42.